The molecule has 0 saturated heterocycles. The molecule has 1 amide bonds. The first-order chi connectivity index (χ1) is 11.0. The van der Waals surface area contributed by atoms with Crippen LogP contribution in [0.15, 0.2) is 54.6 Å². The van der Waals surface area contributed by atoms with Crippen LogP contribution >= 0.6 is 0 Å². The minimum absolute atomic E-state index is 0.117. The van der Waals surface area contributed by atoms with Crippen LogP contribution in [-0.2, 0) is 11.3 Å². The minimum atomic E-state index is -0.576. The van der Waals surface area contributed by atoms with Gasteiger partial charge in [-0.25, -0.2) is 9.18 Å². The Morgan fingerprint density at radius 3 is 2.39 bits per heavy atom. The third-order valence-electron chi connectivity index (χ3n) is 3.23. The molecule has 5 heteroatoms. The summed E-state index contributed by atoms with van der Waals surface area (Å²) in [6, 6.07) is 14.3. The second kappa shape index (κ2) is 8.08. The van der Waals surface area contributed by atoms with Crippen molar-refractivity contribution in [2.75, 3.05) is 0 Å². The number of rotatable bonds is 6. The molecule has 2 aromatic carbocycles. The average molecular weight is 315 g/mol. The summed E-state index contributed by atoms with van der Waals surface area (Å²) < 4.78 is 17.9. The molecule has 1 unspecified atom stereocenters. The van der Waals surface area contributed by atoms with Crippen LogP contribution in [0.25, 0.3) is 0 Å². The normalized spacial score (nSPS) is 11.6. The van der Waals surface area contributed by atoms with Gasteiger partial charge in [0.2, 0.25) is 0 Å². The first kappa shape index (κ1) is 16.7. The molecule has 0 aromatic heterocycles. The van der Waals surface area contributed by atoms with E-state index in [0.717, 1.165) is 5.56 Å². The van der Waals surface area contributed by atoms with Crippen molar-refractivity contribution in [3.63, 3.8) is 0 Å². The minimum Gasteiger partial charge on any atom is -0.445 e. The van der Waals surface area contributed by atoms with Crippen LogP contribution in [0, 0.1) is 5.82 Å². The third kappa shape index (κ3) is 5.54. The van der Waals surface area contributed by atoms with Gasteiger partial charge in [0.25, 0.3) is 0 Å². The molecular weight excluding hydrogens is 297 g/mol. The summed E-state index contributed by atoms with van der Waals surface area (Å²) in [7, 11) is 0. The molecule has 0 aliphatic heterocycles. The number of alkyl carbamates (subject to hydrolysis) is 1. The fourth-order valence-electron chi connectivity index (χ4n) is 2.05. The van der Waals surface area contributed by atoms with E-state index in [4.69, 9.17) is 4.74 Å². The molecule has 0 aliphatic carbocycles. The van der Waals surface area contributed by atoms with Crippen LogP contribution in [0.1, 0.15) is 29.3 Å². The highest BCUT2D eigenvalue weighted by Crippen LogP contribution is 2.08. The quantitative estimate of drug-likeness (QED) is 0.827. The molecule has 0 saturated carbocycles. The number of ether oxygens (including phenoxy) is 1. The molecule has 4 nitrogen and oxygen atoms in total. The van der Waals surface area contributed by atoms with Gasteiger partial charge in [-0.05, 0) is 36.8 Å². The lowest BCUT2D eigenvalue weighted by atomic mass is 10.0. The highest BCUT2D eigenvalue weighted by Gasteiger charge is 2.14. The van der Waals surface area contributed by atoms with E-state index in [1.807, 2.05) is 30.3 Å². The van der Waals surface area contributed by atoms with Gasteiger partial charge in [-0.2, -0.15) is 0 Å². The summed E-state index contributed by atoms with van der Waals surface area (Å²) in [6.45, 7) is 1.89. The maximum atomic E-state index is 12.8. The molecule has 23 heavy (non-hydrogen) atoms. The van der Waals surface area contributed by atoms with E-state index in [9.17, 15) is 14.0 Å². The van der Waals surface area contributed by atoms with Crippen molar-refractivity contribution >= 4 is 11.9 Å². The maximum absolute atomic E-state index is 12.8. The van der Waals surface area contributed by atoms with Crippen molar-refractivity contribution in [2.24, 2.45) is 0 Å². The van der Waals surface area contributed by atoms with Crippen LogP contribution in [0.3, 0.4) is 0 Å². The van der Waals surface area contributed by atoms with E-state index in [0.29, 0.717) is 5.56 Å². The zero-order valence-corrected chi connectivity index (χ0v) is 12.8. The monoisotopic (exact) mass is 315 g/mol. The van der Waals surface area contributed by atoms with Crippen molar-refractivity contribution in [2.45, 2.75) is 26.0 Å². The van der Waals surface area contributed by atoms with Crippen LogP contribution in [0.5, 0.6) is 0 Å². The number of hydrogen-bond acceptors (Lipinski definition) is 3. The fraction of sp³-hybridized carbons (Fsp3) is 0.222. The second-order valence-electron chi connectivity index (χ2n) is 5.24. The van der Waals surface area contributed by atoms with Gasteiger partial charge in [-0.3, -0.25) is 4.79 Å². The van der Waals surface area contributed by atoms with Crippen LogP contribution in [-0.4, -0.2) is 17.9 Å². The van der Waals surface area contributed by atoms with E-state index in [-0.39, 0.29) is 24.9 Å². The predicted molar refractivity (Wildman–Crippen MR) is 84.6 cm³/mol. The first-order valence-corrected chi connectivity index (χ1v) is 7.30. The summed E-state index contributed by atoms with van der Waals surface area (Å²) >= 11 is 0. The topological polar surface area (TPSA) is 55.4 Å². The molecule has 0 spiro atoms. The van der Waals surface area contributed by atoms with Gasteiger partial charge < -0.3 is 10.1 Å². The number of nitrogens with one attached hydrogen (secondary N) is 1. The number of hydrogen-bond donors (Lipinski definition) is 1. The summed E-state index contributed by atoms with van der Waals surface area (Å²) in [6.07, 6.45) is -0.459. The molecule has 120 valence electrons. The Balaban J connectivity index is 1.77. The molecule has 2 rings (SSSR count). The van der Waals surface area contributed by atoms with Crippen molar-refractivity contribution < 1.29 is 18.7 Å². The molecule has 0 radical (unpaired) electrons. The largest absolute Gasteiger partial charge is 0.445 e. The van der Waals surface area contributed by atoms with Crippen LogP contribution in [0.2, 0.25) is 0 Å². The Hall–Kier alpha value is -2.69. The lowest BCUT2D eigenvalue weighted by molar-refractivity contribution is 0.0966. The van der Waals surface area contributed by atoms with Crippen molar-refractivity contribution in [1.29, 1.82) is 0 Å². The average Bonchev–Trinajstić information content (AvgIpc) is 2.54. The molecule has 0 heterocycles. The second-order valence-corrected chi connectivity index (χ2v) is 5.24. The summed E-state index contributed by atoms with van der Waals surface area (Å²) in [5.74, 6) is -0.557. The van der Waals surface area contributed by atoms with Gasteiger partial charge in [0.05, 0.1) is 0 Å². The Morgan fingerprint density at radius 1 is 1.09 bits per heavy atom. The van der Waals surface area contributed by atoms with Gasteiger partial charge in [-0.1, -0.05) is 30.3 Å². The van der Waals surface area contributed by atoms with E-state index >= 15 is 0 Å². The molecule has 0 fully saturated rings. The van der Waals surface area contributed by atoms with E-state index in [1.54, 1.807) is 6.92 Å². The fourth-order valence-corrected chi connectivity index (χ4v) is 2.05. The highest BCUT2D eigenvalue weighted by molar-refractivity contribution is 5.96. The number of amides is 1. The Bertz CT molecular complexity index is 656. The SMILES string of the molecule is CC(CC(=O)c1ccc(F)cc1)NC(=O)OCc1ccccc1. The predicted octanol–water partition coefficient (Wildman–Crippen LogP) is 3.71. The number of ketones is 1. The Morgan fingerprint density at radius 2 is 1.74 bits per heavy atom. The smallest absolute Gasteiger partial charge is 0.407 e. The number of carbonyl (C=O) groups is 2. The Kier molecular flexibility index (Phi) is 5.86. The lowest BCUT2D eigenvalue weighted by Gasteiger charge is -2.13. The van der Waals surface area contributed by atoms with Crippen molar-refractivity contribution in [1.82, 2.24) is 5.32 Å². The summed E-state index contributed by atoms with van der Waals surface area (Å²) in [4.78, 5) is 23.7. The number of Topliss-reactive ketones (excluding diaryl/α,β-unsaturated/α-hetero) is 1. The van der Waals surface area contributed by atoms with Gasteiger partial charge in [0.1, 0.15) is 12.4 Å². The van der Waals surface area contributed by atoms with E-state index < -0.39 is 11.9 Å². The van der Waals surface area contributed by atoms with Gasteiger partial charge in [0, 0.05) is 18.0 Å². The van der Waals surface area contributed by atoms with E-state index in [2.05, 4.69) is 5.32 Å². The van der Waals surface area contributed by atoms with Crippen molar-refractivity contribution in [3.8, 4) is 0 Å². The van der Waals surface area contributed by atoms with Gasteiger partial charge >= 0.3 is 6.09 Å². The van der Waals surface area contributed by atoms with Gasteiger partial charge in [-0.15, -0.1) is 0 Å². The zero-order valence-electron chi connectivity index (χ0n) is 12.8. The molecule has 1 N–H and O–H groups in total. The van der Waals surface area contributed by atoms with Gasteiger partial charge in [0.15, 0.2) is 5.78 Å². The molecule has 0 bridgehead atoms. The maximum Gasteiger partial charge on any atom is 0.407 e. The standard InChI is InChI=1S/C18H18FNO3/c1-13(11-17(21)15-7-9-16(19)10-8-15)20-18(22)23-12-14-5-3-2-4-6-14/h2-10,13H,11-12H2,1H3,(H,20,22). The zero-order chi connectivity index (χ0) is 16.7. The highest BCUT2D eigenvalue weighted by atomic mass is 19.1. The summed E-state index contributed by atoms with van der Waals surface area (Å²) in [5.41, 5.74) is 1.30. The van der Waals surface area contributed by atoms with Crippen LogP contribution in [0.4, 0.5) is 9.18 Å². The molecular formula is C18H18FNO3. The number of benzene rings is 2. The number of carbonyl (C=O) groups excluding carboxylic acids is 2. The summed E-state index contributed by atoms with van der Waals surface area (Å²) in [5, 5.41) is 2.61. The molecule has 0 aliphatic rings. The van der Waals surface area contributed by atoms with Crippen molar-refractivity contribution in [3.05, 3.63) is 71.5 Å². The van der Waals surface area contributed by atoms with Crippen LogP contribution < -0.4 is 5.32 Å². The lowest BCUT2D eigenvalue weighted by Crippen LogP contribution is -2.34. The molecule has 2 aromatic rings. The Labute approximate surface area is 134 Å². The molecule has 1 atom stereocenters. The van der Waals surface area contributed by atoms with E-state index in [1.165, 1.54) is 24.3 Å². The third-order valence-corrected chi connectivity index (χ3v) is 3.23. The first-order valence-electron chi connectivity index (χ1n) is 7.30. The number of halogens is 1.